The Bertz CT molecular complexity index is 1530. The number of hydrogen-bond donors (Lipinski definition) is 1. The zero-order valence-corrected chi connectivity index (χ0v) is 21.8. The van der Waals surface area contributed by atoms with Crippen molar-refractivity contribution in [1.29, 1.82) is 0 Å². The molecule has 0 atom stereocenters. The lowest BCUT2D eigenvalue weighted by Crippen LogP contribution is -2.32. The van der Waals surface area contributed by atoms with E-state index in [2.05, 4.69) is 20.3 Å². The monoisotopic (exact) mass is 540 g/mol. The predicted octanol–water partition coefficient (Wildman–Crippen LogP) is 6.67. The first kappa shape index (κ1) is 26.6. The number of benzene rings is 1. The number of hydrogen-bond acceptors (Lipinski definition) is 5. The van der Waals surface area contributed by atoms with Gasteiger partial charge in [-0.3, -0.25) is 4.79 Å². The van der Waals surface area contributed by atoms with Crippen LogP contribution in [0.1, 0.15) is 55.2 Å². The van der Waals surface area contributed by atoms with Gasteiger partial charge < -0.3 is 14.8 Å². The first-order valence-electron chi connectivity index (χ1n) is 12.8. The highest BCUT2D eigenvalue weighted by Gasteiger charge is 2.33. The van der Waals surface area contributed by atoms with Crippen LogP contribution in [0, 0.1) is 18.6 Å². The molecule has 1 aliphatic heterocycles. The Morgan fingerprint density at radius 1 is 1.03 bits per heavy atom. The third kappa shape index (κ3) is 5.43. The number of fused-ring (bicyclic) bond motifs is 1. The summed E-state index contributed by atoms with van der Waals surface area (Å²) in [6, 6.07) is 7.84. The fourth-order valence-corrected chi connectivity index (χ4v) is 5.02. The Kier molecular flexibility index (Phi) is 7.00. The summed E-state index contributed by atoms with van der Waals surface area (Å²) >= 11 is 0. The van der Waals surface area contributed by atoms with Crippen molar-refractivity contribution in [2.75, 3.05) is 18.4 Å². The number of likely N-dealkylation sites (tertiary alicyclic amines) is 1. The van der Waals surface area contributed by atoms with Crippen molar-refractivity contribution in [2.45, 2.75) is 52.0 Å². The molecule has 1 aliphatic rings. The summed E-state index contributed by atoms with van der Waals surface area (Å²) in [6.45, 7) is 6.11. The molecule has 0 aliphatic carbocycles. The van der Waals surface area contributed by atoms with Crippen molar-refractivity contribution >= 4 is 28.6 Å². The fourth-order valence-electron chi connectivity index (χ4n) is 5.02. The molecule has 0 unspecified atom stereocenters. The number of carbonyl (C=O) groups excluding carboxylic acids is 1. The van der Waals surface area contributed by atoms with E-state index in [1.807, 2.05) is 25.3 Å². The first-order valence-corrected chi connectivity index (χ1v) is 12.8. The number of aryl methyl sites for hydroxylation is 1. The highest BCUT2D eigenvalue weighted by Crippen LogP contribution is 2.32. The third-order valence-corrected chi connectivity index (χ3v) is 6.89. The molecule has 7 nitrogen and oxygen atoms in total. The minimum atomic E-state index is -2.76. The second-order valence-electron chi connectivity index (χ2n) is 10.1. The molecule has 1 N–H and O–H groups in total. The Labute approximate surface area is 222 Å². The van der Waals surface area contributed by atoms with E-state index >= 15 is 0 Å². The fraction of sp³-hybridized carbons (Fsp3) is 0.357. The van der Waals surface area contributed by atoms with Gasteiger partial charge in [0.2, 0.25) is 11.9 Å². The van der Waals surface area contributed by atoms with E-state index < -0.39 is 17.6 Å². The summed E-state index contributed by atoms with van der Waals surface area (Å²) in [6.07, 6.45) is 1.96. The van der Waals surface area contributed by atoms with Crippen LogP contribution in [0.3, 0.4) is 0 Å². The lowest BCUT2D eigenvalue weighted by Gasteiger charge is -2.20. The Morgan fingerprint density at radius 3 is 2.54 bits per heavy atom. The average molecular weight is 541 g/mol. The molecular weight excluding hydrogens is 512 g/mol. The number of nitrogens with one attached hydrogen (secondary N) is 1. The van der Waals surface area contributed by atoms with E-state index in [1.165, 1.54) is 29.3 Å². The molecule has 1 amide bonds. The van der Waals surface area contributed by atoms with Crippen LogP contribution in [-0.4, -0.2) is 49.3 Å². The van der Waals surface area contributed by atoms with Crippen molar-refractivity contribution in [3.05, 3.63) is 65.6 Å². The van der Waals surface area contributed by atoms with Crippen LogP contribution in [-0.2, 0) is 0 Å². The van der Waals surface area contributed by atoms with Crippen LogP contribution in [0.2, 0.25) is 0 Å². The maximum absolute atomic E-state index is 15.0. The molecule has 5 rings (SSSR count). The summed E-state index contributed by atoms with van der Waals surface area (Å²) in [5.41, 5.74) is 1.98. The van der Waals surface area contributed by atoms with Gasteiger partial charge in [0.15, 0.2) is 5.82 Å². The molecular formula is C28H28F4N6O. The third-order valence-electron chi connectivity index (χ3n) is 6.89. The summed E-state index contributed by atoms with van der Waals surface area (Å²) in [5, 5.41) is 3.32. The van der Waals surface area contributed by atoms with Gasteiger partial charge in [0, 0.05) is 54.8 Å². The van der Waals surface area contributed by atoms with Crippen LogP contribution in [0.15, 0.2) is 42.7 Å². The molecule has 4 heterocycles. The zero-order chi connectivity index (χ0) is 27.9. The number of carbonyl (C=O) groups is 1. The predicted molar refractivity (Wildman–Crippen MR) is 140 cm³/mol. The van der Waals surface area contributed by atoms with Crippen molar-refractivity contribution in [3.8, 4) is 11.3 Å². The zero-order valence-electron chi connectivity index (χ0n) is 21.8. The van der Waals surface area contributed by atoms with Gasteiger partial charge in [-0.2, -0.15) is 0 Å². The van der Waals surface area contributed by atoms with E-state index in [0.717, 1.165) is 11.9 Å². The molecule has 1 saturated heterocycles. The molecule has 0 spiro atoms. The molecule has 39 heavy (non-hydrogen) atoms. The van der Waals surface area contributed by atoms with Crippen molar-refractivity contribution < 1.29 is 22.4 Å². The van der Waals surface area contributed by atoms with Crippen LogP contribution in [0.5, 0.6) is 0 Å². The molecule has 1 aromatic carbocycles. The van der Waals surface area contributed by atoms with Gasteiger partial charge in [0.05, 0.1) is 17.3 Å². The van der Waals surface area contributed by atoms with Gasteiger partial charge in [0.25, 0.3) is 5.91 Å². The normalized spacial score (nSPS) is 15.5. The molecule has 0 saturated carbocycles. The lowest BCUT2D eigenvalue weighted by atomic mass is 10.1. The lowest BCUT2D eigenvalue weighted by molar-refractivity contribution is -0.0125. The average Bonchev–Trinajstić information content (AvgIpc) is 3.12. The minimum absolute atomic E-state index is 0.0219. The smallest absolute Gasteiger partial charge is 0.255 e. The standard InChI is InChI=1S/C28H28F4N6O/c1-16(2)38-17(3)11-20-21(29)12-19(13-23(20)38)25-22(30)15-34-27(36-25)35-24-6-5-18(14-33-24)26(39)37-9-4-7-28(31,32)8-10-37/h5-6,11-16H,4,7-10H2,1-3H3,(H,33,34,35,36). The first-order chi connectivity index (χ1) is 18.5. The molecule has 204 valence electrons. The molecule has 0 radical (unpaired) electrons. The maximum atomic E-state index is 15.0. The van der Waals surface area contributed by atoms with Gasteiger partial charge in [-0.1, -0.05) is 0 Å². The van der Waals surface area contributed by atoms with Gasteiger partial charge in [0.1, 0.15) is 17.3 Å². The highest BCUT2D eigenvalue weighted by molar-refractivity contribution is 5.94. The second-order valence-corrected chi connectivity index (χ2v) is 10.1. The second kappa shape index (κ2) is 10.3. The number of rotatable bonds is 5. The SMILES string of the molecule is Cc1cc2c(F)cc(-c3nc(Nc4ccc(C(=O)N5CCCC(F)(F)CC5)cn4)ncc3F)cc2n1C(C)C. The Morgan fingerprint density at radius 2 is 1.82 bits per heavy atom. The molecule has 3 aromatic heterocycles. The van der Waals surface area contributed by atoms with E-state index in [0.29, 0.717) is 10.9 Å². The number of anilines is 2. The van der Waals surface area contributed by atoms with Crippen LogP contribution in [0.25, 0.3) is 22.2 Å². The number of pyridine rings is 1. The molecule has 4 aromatic rings. The maximum Gasteiger partial charge on any atom is 0.255 e. The van der Waals surface area contributed by atoms with E-state index in [-0.39, 0.29) is 72.9 Å². The highest BCUT2D eigenvalue weighted by atomic mass is 19.3. The number of nitrogens with zero attached hydrogens (tertiary/aromatic N) is 5. The topological polar surface area (TPSA) is 75.9 Å². The molecule has 0 bridgehead atoms. The van der Waals surface area contributed by atoms with Crippen LogP contribution >= 0.6 is 0 Å². The number of amides is 1. The van der Waals surface area contributed by atoms with Crippen LogP contribution in [0.4, 0.5) is 29.3 Å². The van der Waals surface area contributed by atoms with Gasteiger partial charge in [-0.05, 0) is 57.5 Å². The van der Waals surface area contributed by atoms with Crippen molar-refractivity contribution in [1.82, 2.24) is 24.4 Å². The Hall–Kier alpha value is -4.02. The van der Waals surface area contributed by atoms with Crippen LogP contribution < -0.4 is 5.32 Å². The van der Waals surface area contributed by atoms with E-state index in [9.17, 15) is 22.4 Å². The Balaban J connectivity index is 1.37. The van der Waals surface area contributed by atoms with Crippen molar-refractivity contribution in [3.63, 3.8) is 0 Å². The number of halogens is 4. The minimum Gasteiger partial charge on any atom is -0.342 e. The number of alkyl halides is 2. The van der Waals surface area contributed by atoms with E-state index in [1.54, 1.807) is 12.1 Å². The summed E-state index contributed by atoms with van der Waals surface area (Å²) in [4.78, 5) is 26.6. The van der Waals surface area contributed by atoms with E-state index in [4.69, 9.17) is 0 Å². The summed E-state index contributed by atoms with van der Waals surface area (Å²) < 4.78 is 59.1. The largest absolute Gasteiger partial charge is 0.342 e. The summed E-state index contributed by atoms with van der Waals surface area (Å²) in [5.74, 6) is -4.00. The molecule has 1 fully saturated rings. The van der Waals surface area contributed by atoms with Crippen molar-refractivity contribution in [2.24, 2.45) is 0 Å². The summed E-state index contributed by atoms with van der Waals surface area (Å²) in [7, 11) is 0. The quantitative estimate of drug-likeness (QED) is 0.286. The van der Waals surface area contributed by atoms with Gasteiger partial charge >= 0.3 is 0 Å². The number of aromatic nitrogens is 4. The van der Waals surface area contributed by atoms with Gasteiger partial charge in [-0.15, -0.1) is 0 Å². The molecule has 11 heteroatoms. The van der Waals surface area contributed by atoms with Gasteiger partial charge in [-0.25, -0.2) is 32.5 Å².